The molecule has 3 heterocycles. The minimum absolute atomic E-state index is 0.160. The van der Waals surface area contributed by atoms with Gasteiger partial charge in [-0.05, 0) is 73.2 Å². The summed E-state index contributed by atoms with van der Waals surface area (Å²) in [5.41, 5.74) is 5.33. The van der Waals surface area contributed by atoms with Gasteiger partial charge in [-0.25, -0.2) is 9.18 Å². The molecular weight excluding hydrogens is 433 g/mol. The second-order valence-corrected chi connectivity index (χ2v) is 9.76. The molecule has 4 aromatic rings. The molecule has 2 amide bonds. The number of aryl methyl sites for hydroxylation is 1. The first-order valence-corrected chi connectivity index (χ1v) is 12.2. The van der Waals surface area contributed by atoms with Crippen LogP contribution in [-0.4, -0.2) is 15.5 Å². The number of carbonyl (C=O) groups is 1. The number of carbonyl (C=O) groups excluding carboxylic acids is 1. The van der Waals surface area contributed by atoms with Gasteiger partial charge in [0.2, 0.25) is 0 Å². The summed E-state index contributed by atoms with van der Waals surface area (Å²) in [4.78, 5) is 17.1. The predicted octanol–water partition coefficient (Wildman–Crippen LogP) is 6.69. The van der Waals surface area contributed by atoms with E-state index < -0.39 is 0 Å². The lowest BCUT2D eigenvalue weighted by molar-refractivity contribution is 0.194. The van der Waals surface area contributed by atoms with Gasteiger partial charge in [-0.15, -0.1) is 11.3 Å². The third-order valence-electron chi connectivity index (χ3n) is 6.65. The number of hydrogen-bond acceptors (Lipinski definition) is 2. The summed E-state index contributed by atoms with van der Waals surface area (Å²) in [6, 6.07) is 19.7. The number of halogens is 1. The molecule has 6 rings (SSSR count). The van der Waals surface area contributed by atoms with Crippen molar-refractivity contribution in [2.24, 2.45) is 0 Å². The lowest BCUT2D eigenvalue weighted by atomic mass is 9.95. The summed E-state index contributed by atoms with van der Waals surface area (Å²) in [6.07, 6.45) is 6.67. The third kappa shape index (κ3) is 3.55. The maximum Gasteiger partial charge on any atom is 0.322 e. The van der Waals surface area contributed by atoms with Crippen LogP contribution < -0.4 is 5.32 Å². The molecule has 1 aliphatic heterocycles. The fraction of sp³-hybridized carbons (Fsp3) is 0.222. The molecule has 0 radical (unpaired) electrons. The molecule has 2 aromatic carbocycles. The summed E-state index contributed by atoms with van der Waals surface area (Å²) in [7, 11) is 0. The Kier molecular flexibility index (Phi) is 5.03. The molecule has 0 unspecified atom stereocenters. The van der Waals surface area contributed by atoms with Gasteiger partial charge in [0, 0.05) is 22.3 Å². The van der Waals surface area contributed by atoms with Crippen LogP contribution in [0.25, 0.3) is 5.00 Å². The van der Waals surface area contributed by atoms with E-state index in [1.807, 2.05) is 52.6 Å². The Balaban J connectivity index is 1.51. The quantitative estimate of drug-likeness (QED) is 0.358. The molecule has 1 atom stereocenters. The largest absolute Gasteiger partial charge is 0.322 e. The van der Waals surface area contributed by atoms with E-state index in [0.717, 1.165) is 29.8 Å². The molecule has 2 aromatic heterocycles. The zero-order chi connectivity index (χ0) is 22.4. The van der Waals surface area contributed by atoms with Gasteiger partial charge in [0.05, 0.1) is 18.3 Å². The van der Waals surface area contributed by atoms with Gasteiger partial charge in [-0.3, -0.25) is 0 Å². The van der Waals surface area contributed by atoms with Gasteiger partial charge in [0.1, 0.15) is 10.8 Å². The first kappa shape index (κ1) is 20.2. The first-order valence-electron chi connectivity index (χ1n) is 11.4. The normalized spacial score (nSPS) is 17.0. The number of hydrogen-bond donors (Lipinski definition) is 1. The number of rotatable bonds is 2. The van der Waals surface area contributed by atoms with E-state index in [9.17, 15) is 9.18 Å². The van der Waals surface area contributed by atoms with Crippen molar-refractivity contribution in [1.82, 2.24) is 9.47 Å². The van der Waals surface area contributed by atoms with Crippen LogP contribution in [-0.2, 0) is 19.4 Å². The Morgan fingerprint density at radius 3 is 2.55 bits per heavy atom. The Labute approximate surface area is 196 Å². The molecule has 33 heavy (non-hydrogen) atoms. The molecule has 166 valence electrons. The highest BCUT2D eigenvalue weighted by Gasteiger charge is 2.36. The second-order valence-electron chi connectivity index (χ2n) is 8.68. The van der Waals surface area contributed by atoms with E-state index in [-0.39, 0.29) is 17.9 Å². The van der Waals surface area contributed by atoms with Crippen molar-refractivity contribution >= 4 is 23.1 Å². The van der Waals surface area contributed by atoms with Crippen LogP contribution in [0.1, 0.15) is 46.1 Å². The van der Waals surface area contributed by atoms with E-state index in [2.05, 4.69) is 22.1 Å². The van der Waals surface area contributed by atoms with Crippen LogP contribution >= 0.6 is 11.3 Å². The fourth-order valence-corrected chi connectivity index (χ4v) is 6.50. The number of thiophene rings is 1. The van der Waals surface area contributed by atoms with Gasteiger partial charge >= 0.3 is 6.03 Å². The molecule has 0 spiro atoms. The number of urea groups is 1. The SMILES string of the molecule is O=C(Nc1ccccc1)N1Cc2c(sc3c2CCCC3)-n2cccc2[C@H]1c1ccc(F)cc1. The molecule has 2 aliphatic rings. The lowest BCUT2D eigenvalue weighted by Crippen LogP contribution is -2.38. The molecule has 1 aliphatic carbocycles. The van der Waals surface area contributed by atoms with Crippen molar-refractivity contribution in [3.8, 4) is 5.00 Å². The topological polar surface area (TPSA) is 37.3 Å². The maximum atomic E-state index is 13.8. The smallest absolute Gasteiger partial charge is 0.310 e. The number of para-hydroxylation sites is 1. The number of amides is 2. The van der Waals surface area contributed by atoms with E-state index in [4.69, 9.17) is 0 Å². The molecular formula is C27H24FN3OS. The molecule has 0 bridgehead atoms. The Hall–Kier alpha value is -3.38. The number of benzene rings is 2. The highest BCUT2D eigenvalue weighted by Crippen LogP contribution is 2.44. The average Bonchev–Trinajstić information content (AvgIpc) is 3.42. The predicted molar refractivity (Wildman–Crippen MR) is 130 cm³/mol. The number of nitrogens with one attached hydrogen (secondary N) is 1. The van der Waals surface area contributed by atoms with Gasteiger partial charge < -0.3 is 14.8 Å². The molecule has 1 N–H and O–H groups in total. The monoisotopic (exact) mass is 457 g/mol. The number of fused-ring (bicyclic) bond motifs is 5. The van der Waals surface area contributed by atoms with Crippen LogP contribution in [0.3, 0.4) is 0 Å². The van der Waals surface area contributed by atoms with E-state index >= 15 is 0 Å². The van der Waals surface area contributed by atoms with Crippen LogP contribution in [0.2, 0.25) is 0 Å². The van der Waals surface area contributed by atoms with E-state index in [1.165, 1.54) is 46.0 Å². The van der Waals surface area contributed by atoms with Gasteiger partial charge in [-0.2, -0.15) is 0 Å². The number of anilines is 1. The molecule has 0 saturated heterocycles. The van der Waals surface area contributed by atoms with Crippen molar-refractivity contribution in [2.45, 2.75) is 38.3 Å². The highest BCUT2D eigenvalue weighted by atomic mass is 32.1. The van der Waals surface area contributed by atoms with Crippen LogP contribution in [0.15, 0.2) is 72.9 Å². The zero-order valence-corrected chi connectivity index (χ0v) is 18.9. The van der Waals surface area contributed by atoms with Crippen molar-refractivity contribution in [1.29, 1.82) is 0 Å². The fourth-order valence-electron chi connectivity index (χ4n) is 5.10. The van der Waals surface area contributed by atoms with Gasteiger partial charge in [0.25, 0.3) is 0 Å². The summed E-state index contributed by atoms with van der Waals surface area (Å²) >= 11 is 1.86. The maximum absolute atomic E-state index is 13.8. The minimum atomic E-state index is -0.330. The van der Waals surface area contributed by atoms with Crippen molar-refractivity contribution in [2.75, 3.05) is 5.32 Å². The molecule has 6 heteroatoms. The number of aromatic nitrogens is 1. The van der Waals surface area contributed by atoms with Crippen LogP contribution in [0.4, 0.5) is 14.9 Å². The number of nitrogens with zero attached hydrogens (tertiary/aromatic N) is 2. The Bertz CT molecular complexity index is 1310. The van der Waals surface area contributed by atoms with E-state index in [1.54, 1.807) is 12.1 Å². The molecule has 0 fully saturated rings. The second kappa shape index (κ2) is 8.19. The molecule has 0 saturated carbocycles. The third-order valence-corrected chi connectivity index (χ3v) is 7.98. The Morgan fingerprint density at radius 2 is 1.73 bits per heavy atom. The summed E-state index contributed by atoms with van der Waals surface area (Å²) in [5, 5.41) is 4.30. The van der Waals surface area contributed by atoms with Crippen molar-refractivity contribution in [3.05, 3.63) is 106 Å². The van der Waals surface area contributed by atoms with Crippen LogP contribution in [0, 0.1) is 5.82 Å². The standard InChI is InChI=1S/C27H24FN3OS/c28-19-14-12-18(13-15-19)25-23-10-6-16-30(23)26-22(21-9-4-5-11-24(21)33-26)17-31(25)27(32)29-20-7-2-1-3-8-20/h1-3,6-8,10,12-16,25H,4-5,9,11,17H2,(H,29,32)/t25-/m1/s1. The summed E-state index contributed by atoms with van der Waals surface area (Å²) in [6.45, 7) is 0.517. The summed E-state index contributed by atoms with van der Waals surface area (Å²) in [5.74, 6) is -0.281. The summed E-state index contributed by atoms with van der Waals surface area (Å²) < 4.78 is 16.0. The zero-order valence-electron chi connectivity index (χ0n) is 18.1. The lowest BCUT2D eigenvalue weighted by Gasteiger charge is -2.31. The Morgan fingerprint density at radius 1 is 0.939 bits per heavy atom. The highest BCUT2D eigenvalue weighted by molar-refractivity contribution is 7.15. The van der Waals surface area contributed by atoms with Gasteiger partial charge in [0.15, 0.2) is 0 Å². The van der Waals surface area contributed by atoms with Gasteiger partial charge in [-0.1, -0.05) is 30.3 Å². The average molecular weight is 458 g/mol. The van der Waals surface area contributed by atoms with Crippen molar-refractivity contribution < 1.29 is 9.18 Å². The van der Waals surface area contributed by atoms with Crippen molar-refractivity contribution in [3.63, 3.8) is 0 Å². The van der Waals surface area contributed by atoms with Crippen LogP contribution in [0.5, 0.6) is 0 Å². The first-order chi connectivity index (χ1) is 16.2. The van der Waals surface area contributed by atoms with E-state index in [0.29, 0.717) is 6.54 Å². The minimum Gasteiger partial charge on any atom is -0.310 e. The molecule has 4 nitrogen and oxygen atoms in total.